The quantitative estimate of drug-likeness (QED) is 0.671. The second kappa shape index (κ2) is 8.93. The standard InChI is InChI=1S/C20H21ClN4O4/c1-13-5-7-14(8-6-13)12-25-18(22-16-4-2-3-15(21)11-16)23-19(28)24(20(25)29)10-9-17(26)27/h2-8,11,20,29H,9-10,12H2,1H3,(H,26,27)(H,22,23,28). The molecule has 1 unspecified atom stereocenters. The normalized spacial score (nSPS) is 18.1. The lowest BCUT2D eigenvalue weighted by atomic mass is 10.1. The molecule has 1 saturated heterocycles. The first-order valence-corrected chi connectivity index (χ1v) is 9.35. The zero-order valence-electron chi connectivity index (χ0n) is 15.7. The summed E-state index contributed by atoms with van der Waals surface area (Å²) in [4.78, 5) is 30.3. The van der Waals surface area contributed by atoms with Gasteiger partial charge in [-0.25, -0.2) is 9.79 Å². The molecule has 1 heterocycles. The Balaban J connectivity index is 1.93. The number of aliphatic carboxylic acids is 1. The van der Waals surface area contributed by atoms with Crippen LogP contribution in [0.1, 0.15) is 17.5 Å². The number of amides is 2. The summed E-state index contributed by atoms with van der Waals surface area (Å²) in [6, 6.07) is 13.9. The second-order valence-electron chi connectivity index (χ2n) is 6.64. The third-order valence-corrected chi connectivity index (χ3v) is 4.63. The summed E-state index contributed by atoms with van der Waals surface area (Å²) >= 11 is 6.01. The first-order chi connectivity index (χ1) is 13.8. The van der Waals surface area contributed by atoms with Gasteiger partial charge in [0.2, 0.25) is 12.3 Å². The van der Waals surface area contributed by atoms with Crippen LogP contribution in [0, 0.1) is 6.92 Å². The molecule has 2 aromatic carbocycles. The molecule has 3 rings (SSSR count). The topological polar surface area (TPSA) is 105 Å². The lowest BCUT2D eigenvalue weighted by Crippen LogP contribution is -2.65. The van der Waals surface area contributed by atoms with Gasteiger partial charge in [-0.05, 0) is 30.7 Å². The molecule has 0 saturated carbocycles. The summed E-state index contributed by atoms with van der Waals surface area (Å²) < 4.78 is 0. The van der Waals surface area contributed by atoms with E-state index in [1.165, 1.54) is 4.90 Å². The van der Waals surface area contributed by atoms with Crippen LogP contribution in [0.2, 0.25) is 5.02 Å². The maximum Gasteiger partial charge on any atom is 0.327 e. The molecule has 0 aliphatic carbocycles. The third-order valence-electron chi connectivity index (χ3n) is 4.39. The van der Waals surface area contributed by atoms with Gasteiger partial charge in [0.05, 0.1) is 18.7 Å². The smallest absolute Gasteiger partial charge is 0.327 e. The molecular weight excluding hydrogens is 396 g/mol. The van der Waals surface area contributed by atoms with Gasteiger partial charge < -0.3 is 10.2 Å². The molecule has 29 heavy (non-hydrogen) atoms. The van der Waals surface area contributed by atoms with E-state index in [2.05, 4.69) is 10.3 Å². The number of rotatable bonds is 6. The fourth-order valence-corrected chi connectivity index (χ4v) is 3.05. The number of guanidine groups is 1. The summed E-state index contributed by atoms with van der Waals surface area (Å²) in [5.41, 5.74) is 2.49. The van der Waals surface area contributed by atoms with Crippen LogP contribution in [0.4, 0.5) is 10.5 Å². The van der Waals surface area contributed by atoms with E-state index < -0.39 is 18.4 Å². The minimum Gasteiger partial charge on any atom is -0.481 e. The number of carboxylic acids is 1. The number of hydrogen-bond donors (Lipinski definition) is 3. The summed E-state index contributed by atoms with van der Waals surface area (Å²) in [5, 5.41) is 22.9. The maximum absolute atomic E-state index is 12.5. The first-order valence-electron chi connectivity index (χ1n) is 8.97. The van der Waals surface area contributed by atoms with Crippen molar-refractivity contribution in [2.45, 2.75) is 26.2 Å². The van der Waals surface area contributed by atoms with Crippen molar-refractivity contribution in [3.05, 3.63) is 64.7 Å². The van der Waals surface area contributed by atoms with Crippen molar-refractivity contribution in [1.82, 2.24) is 15.1 Å². The monoisotopic (exact) mass is 416 g/mol. The molecule has 1 aliphatic rings. The van der Waals surface area contributed by atoms with Gasteiger partial charge in [0.1, 0.15) is 0 Å². The van der Waals surface area contributed by atoms with E-state index in [1.807, 2.05) is 31.2 Å². The Bertz CT molecular complexity index is 932. The van der Waals surface area contributed by atoms with E-state index in [1.54, 1.807) is 24.3 Å². The van der Waals surface area contributed by atoms with Gasteiger partial charge in [-0.1, -0.05) is 47.5 Å². The number of urea groups is 1. The summed E-state index contributed by atoms with van der Waals surface area (Å²) in [6.07, 6.45) is -1.66. The number of aliphatic hydroxyl groups is 1. The van der Waals surface area contributed by atoms with Crippen LogP contribution < -0.4 is 5.32 Å². The number of nitrogens with zero attached hydrogens (tertiary/aromatic N) is 3. The lowest BCUT2D eigenvalue weighted by Gasteiger charge is -2.42. The summed E-state index contributed by atoms with van der Waals surface area (Å²) in [7, 11) is 0. The molecule has 0 bridgehead atoms. The Labute approximate surface area is 173 Å². The molecule has 1 aliphatic heterocycles. The van der Waals surface area contributed by atoms with E-state index in [9.17, 15) is 14.7 Å². The van der Waals surface area contributed by atoms with Crippen LogP contribution in [0.5, 0.6) is 0 Å². The van der Waals surface area contributed by atoms with Crippen LogP contribution in [0.15, 0.2) is 53.5 Å². The van der Waals surface area contributed by atoms with Crippen LogP contribution in [0.3, 0.4) is 0 Å². The zero-order chi connectivity index (χ0) is 21.0. The molecule has 0 radical (unpaired) electrons. The minimum atomic E-state index is -1.37. The predicted octanol–water partition coefficient (Wildman–Crippen LogP) is 2.91. The molecule has 2 amide bonds. The van der Waals surface area contributed by atoms with Gasteiger partial charge in [-0.15, -0.1) is 0 Å². The molecule has 1 fully saturated rings. The van der Waals surface area contributed by atoms with Crippen molar-refractivity contribution in [2.75, 3.05) is 6.54 Å². The van der Waals surface area contributed by atoms with Crippen LogP contribution in [-0.4, -0.2) is 50.9 Å². The number of hydrogen-bond acceptors (Lipinski definition) is 4. The highest BCUT2D eigenvalue weighted by Crippen LogP contribution is 2.21. The molecule has 0 spiro atoms. The highest BCUT2D eigenvalue weighted by atomic mass is 35.5. The molecule has 2 aromatic rings. The van der Waals surface area contributed by atoms with Crippen molar-refractivity contribution in [3.63, 3.8) is 0 Å². The van der Waals surface area contributed by atoms with E-state index >= 15 is 0 Å². The average molecular weight is 417 g/mol. The Morgan fingerprint density at radius 2 is 1.93 bits per heavy atom. The Hall–Kier alpha value is -3.10. The molecule has 8 nitrogen and oxygen atoms in total. The zero-order valence-corrected chi connectivity index (χ0v) is 16.5. The van der Waals surface area contributed by atoms with Crippen molar-refractivity contribution < 1.29 is 19.8 Å². The molecule has 0 aromatic heterocycles. The average Bonchev–Trinajstić information content (AvgIpc) is 2.66. The minimum absolute atomic E-state index is 0.142. The molecule has 152 valence electrons. The fraction of sp³-hybridized carbons (Fsp3) is 0.250. The maximum atomic E-state index is 12.5. The highest BCUT2D eigenvalue weighted by Gasteiger charge is 2.36. The lowest BCUT2D eigenvalue weighted by molar-refractivity contribution is -0.138. The number of carbonyl (C=O) groups is 2. The SMILES string of the molecule is Cc1ccc(CN2C(=Nc3cccc(Cl)c3)NC(=O)N(CCC(=O)O)C2O)cc1. The number of aliphatic hydroxyl groups excluding tert-OH is 1. The fourth-order valence-electron chi connectivity index (χ4n) is 2.86. The Kier molecular flexibility index (Phi) is 6.36. The summed E-state index contributed by atoms with van der Waals surface area (Å²) in [5.74, 6) is -0.912. The van der Waals surface area contributed by atoms with Crippen LogP contribution in [-0.2, 0) is 11.3 Å². The number of aliphatic imine (C=N–C) groups is 1. The number of aryl methyl sites for hydroxylation is 1. The largest absolute Gasteiger partial charge is 0.481 e. The van der Waals surface area contributed by atoms with Gasteiger partial charge in [0.15, 0.2) is 0 Å². The van der Waals surface area contributed by atoms with Gasteiger partial charge in [-0.2, -0.15) is 0 Å². The molecular formula is C20H21ClN4O4. The van der Waals surface area contributed by atoms with Gasteiger partial charge in [0.25, 0.3) is 0 Å². The second-order valence-corrected chi connectivity index (χ2v) is 7.08. The number of carboxylic acid groups (broad SMARTS) is 1. The summed E-state index contributed by atoms with van der Waals surface area (Å²) in [6.45, 7) is 2.08. The van der Waals surface area contributed by atoms with Gasteiger partial charge in [0, 0.05) is 11.6 Å². The van der Waals surface area contributed by atoms with E-state index in [0.29, 0.717) is 10.7 Å². The molecule has 3 N–H and O–H groups in total. The Morgan fingerprint density at radius 1 is 1.21 bits per heavy atom. The van der Waals surface area contributed by atoms with Gasteiger partial charge >= 0.3 is 12.0 Å². The van der Waals surface area contributed by atoms with E-state index in [-0.39, 0.29) is 25.5 Å². The van der Waals surface area contributed by atoms with Crippen molar-refractivity contribution in [2.24, 2.45) is 4.99 Å². The van der Waals surface area contributed by atoms with E-state index in [4.69, 9.17) is 16.7 Å². The highest BCUT2D eigenvalue weighted by molar-refractivity contribution is 6.30. The van der Waals surface area contributed by atoms with Crippen molar-refractivity contribution in [3.8, 4) is 0 Å². The third kappa shape index (κ3) is 5.24. The first kappa shape index (κ1) is 20.6. The number of carbonyl (C=O) groups excluding carboxylic acids is 1. The number of nitrogens with one attached hydrogen (secondary N) is 1. The number of halogens is 1. The molecule has 9 heteroatoms. The van der Waals surface area contributed by atoms with Gasteiger partial charge in [-0.3, -0.25) is 19.9 Å². The van der Waals surface area contributed by atoms with Crippen molar-refractivity contribution in [1.29, 1.82) is 0 Å². The van der Waals surface area contributed by atoms with E-state index in [0.717, 1.165) is 16.0 Å². The van der Waals surface area contributed by atoms with Crippen LogP contribution in [0.25, 0.3) is 0 Å². The molecule has 1 atom stereocenters. The van der Waals surface area contributed by atoms with Crippen molar-refractivity contribution >= 4 is 35.2 Å². The van der Waals surface area contributed by atoms with Crippen LogP contribution >= 0.6 is 11.6 Å². The Morgan fingerprint density at radius 3 is 2.59 bits per heavy atom. The predicted molar refractivity (Wildman–Crippen MR) is 109 cm³/mol. The number of benzene rings is 2.